The van der Waals surface area contributed by atoms with E-state index in [1.807, 2.05) is 12.1 Å². The van der Waals surface area contributed by atoms with Gasteiger partial charge in [-0.3, -0.25) is 9.59 Å². The summed E-state index contributed by atoms with van der Waals surface area (Å²) in [7, 11) is 1.69. The van der Waals surface area contributed by atoms with Gasteiger partial charge in [-0.25, -0.2) is 4.39 Å². The van der Waals surface area contributed by atoms with Crippen LogP contribution in [0, 0.1) is 23.1 Å². The van der Waals surface area contributed by atoms with Crippen LogP contribution in [0.15, 0.2) is 24.0 Å². The molecule has 0 aromatic heterocycles. The second kappa shape index (κ2) is 7.24. The van der Waals surface area contributed by atoms with Gasteiger partial charge in [0.2, 0.25) is 0 Å². The summed E-state index contributed by atoms with van der Waals surface area (Å²) in [6, 6.07) is 3.44. The Balaban J connectivity index is 1.71. The van der Waals surface area contributed by atoms with E-state index in [9.17, 15) is 9.59 Å². The summed E-state index contributed by atoms with van der Waals surface area (Å²) in [6.45, 7) is 4.85. The third kappa shape index (κ3) is 3.18. The Morgan fingerprint density at radius 2 is 1.90 bits per heavy atom. The Morgan fingerprint density at radius 1 is 1.17 bits per heavy atom. The molecular weight excluding hydrogens is 375 g/mol. The van der Waals surface area contributed by atoms with Crippen molar-refractivity contribution in [2.45, 2.75) is 58.5 Å². The Labute approximate surface area is 170 Å². The minimum Gasteiger partial charge on any atom is -0.431 e. The lowest BCUT2D eigenvalue weighted by Gasteiger charge is -2.52. The first-order valence-electron chi connectivity index (χ1n) is 10.2. The summed E-state index contributed by atoms with van der Waals surface area (Å²) in [5, 5.41) is 0. The lowest BCUT2D eigenvalue weighted by Crippen LogP contribution is -2.49. The molecule has 1 aromatic rings. The molecule has 4 rings (SSSR count). The predicted molar refractivity (Wildman–Crippen MR) is 104 cm³/mol. The number of carbonyl (C=O) groups is 2. The van der Waals surface area contributed by atoms with E-state index in [4.69, 9.17) is 14.2 Å². The van der Waals surface area contributed by atoms with Crippen LogP contribution in [0.25, 0.3) is 0 Å². The van der Waals surface area contributed by atoms with Gasteiger partial charge in [0.05, 0.1) is 6.10 Å². The Bertz CT molecular complexity index is 891. The van der Waals surface area contributed by atoms with E-state index < -0.39 is 11.8 Å². The second-order valence-corrected chi connectivity index (χ2v) is 8.67. The van der Waals surface area contributed by atoms with Crippen LogP contribution < -0.4 is 4.74 Å². The topological polar surface area (TPSA) is 61.8 Å². The number of allylic oxidation sites excluding steroid dienone is 2. The van der Waals surface area contributed by atoms with Crippen molar-refractivity contribution in [1.29, 1.82) is 0 Å². The molecule has 1 saturated carbocycles. The van der Waals surface area contributed by atoms with E-state index in [1.165, 1.54) is 13.8 Å². The number of methoxy groups -OCH3 is 1. The molecule has 0 bridgehead atoms. The van der Waals surface area contributed by atoms with Gasteiger partial charge in [0.15, 0.2) is 11.6 Å². The molecule has 5 nitrogen and oxygen atoms in total. The van der Waals surface area contributed by atoms with Gasteiger partial charge in [-0.15, -0.1) is 0 Å². The monoisotopic (exact) mass is 402 g/mol. The van der Waals surface area contributed by atoms with Crippen molar-refractivity contribution in [2.24, 2.45) is 17.3 Å². The molecule has 3 aliphatic rings. The van der Waals surface area contributed by atoms with Crippen molar-refractivity contribution in [2.75, 3.05) is 7.11 Å². The summed E-state index contributed by atoms with van der Waals surface area (Å²) < 4.78 is 31.6. The number of fused-ring (bicyclic) bond motifs is 5. The number of rotatable bonds is 3. The lowest BCUT2D eigenvalue weighted by molar-refractivity contribution is -0.141. The molecule has 1 aromatic carbocycles. The largest absolute Gasteiger partial charge is 0.431 e. The van der Waals surface area contributed by atoms with Gasteiger partial charge in [0.1, 0.15) is 5.76 Å². The number of halogens is 1. The maximum Gasteiger partial charge on any atom is 0.308 e. The molecule has 6 heteroatoms. The highest BCUT2D eigenvalue weighted by Crippen LogP contribution is 2.62. The van der Waals surface area contributed by atoms with Crippen molar-refractivity contribution in [1.82, 2.24) is 0 Å². The van der Waals surface area contributed by atoms with E-state index >= 15 is 4.39 Å². The highest BCUT2D eigenvalue weighted by Gasteiger charge is 2.57. The van der Waals surface area contributed by atoms with Crippen molar-refractivity contribution in [3.05, 3.63) is 40.9 Å². The van der Waals surface area contributed by atoms with Crippen LogP contribution in [0.1, 0.15) is 57.1 Å². The predicted octanol–water partition coefficient (Wildman–Crippen LogP) is 4.29. The molecule has 5 atom stereocenters. The average molecular weight is 402 g/mol. The maximum atomic E-state index is 15.1. The van der Waals surface area contributed by atoms with Gasteiger partial charge < -0.3 is 14.2 Å². The molecule has 0 heterocycles. The number of hydrogen-bond donors (Lipinski definition) is 0. The number of esters is 2. The molecular formula is C23H27FO5. The van der Waals surface area contributed by atoms with E-state index in [0.29, 0.717) is 30.2 Å². The molecule has 0 amide bonds. The zero-order valence-corrected chi connectivity index (χ0v) is 17.3. The van der Waals surface area contributed by atoms with E-state index in [2.05, 4.69) is 6.92 Å². The Hall–Kier alpha value is -2.21. The van der Waals surface area contributed by atoms with E-state index in [-0.39, 0.29) is 29.2 Å². The molecule has 156 valence electrons. The first kappa shape index (κ1) is 20.1. The van der Waals surface area contributed by atoms with Crippen LogP contribution in [-0.2, 0) is 25.5 Å². The van der Waals surface area contributed by atoms with Gasteiger partial charge in [-0.2, -0.15) is 0 Å². The van der Waals surface area contributed by atoms with Crippen molar-refractivity contribution in [3.8, 4) is 5.75 Å². The minimum absolute atomic E-state index is 0.0102. The van der Waals surface area contributed by atoms with Gasteiger partial charge in [0.25, 0.3) is 0 Å². The molecule has 0 saturated heterocycles. The lowest BCUT2D eigenvalue weighted by atomic mass is 9.54. The third-order valence-corrected chi connectivity index (χ3v) is 7.08. The third-order valence-electron chi connectivity index (χ3n) is 7.08. The highest BCUT2D eigenvalue weighted by molar-refractivity contribution is 5.69. The first-order valence-corrected chi connectivity index (χ1v) is 10.2. The zero-order chi connectivity index (χ0) is 20.9. The molecule has 1 fully saturated rings. The average Bonchev–Trinajstić information content (AvgIpc) is 2.98. The Morgan fingerprint density at radius 3 is 2.55 bits per heavy atom. The molecule has 0 radical (unpaired) electrons. The maximum absolute atomic E-state index is 15.1. The number of ether oxygens (including phenoxy) is 3. The zero-order valence-electron chi connectivity index (χ0n) is 17.3. The fourth-order valence-electron chi connectivity index (χ4n) is 5.96. The number of hydrogen-bond acceptors (Lipinski definition) is 5. The molecule has 0 spiro atoms. The van der Waals surface area contributed by atoms with Crippen LogP contribution >= 0.6 is 0 Å². The fourth-order valence-corrected chi connectivity index (χ4v) is 5.96. The van der Waals surface area contributed by atoms with Crippen LogP contribution in [0.4, 0.5) is 4.39 Å². The van der Waals surface area contributed by atoms with E-state index in [0.717, 1.165) is 24.2 Å². The van der Waals surface area contributed by atoms with Crippen molar-refractivity contribution >= 4 is 11.9 Å². The number of benzene rings is 1. The fraction of sp³-hybridized carbons (Fsp3) is 0.565. The summed E-state index contributed by atoms with van der Waals surface area (Å²) >= 11 is 0. The summed E-state index contributed by atoms with van der Waals surface area (Å²) in [6.07, 6.45) is 4.89. The van der Waals surface area contributed by atoms with Crippen molar-refractivity contribution in [3.63, 3.8) is 0 Å². The molecule has 0 aliphatic heterocycles. The quantitative estimate of drug-likeness (QED) is 0.558. The first-order chi connectivity index (χ1) is 13.8. The minimum atomic E-state index is -0.532. The smallest absolute Gasteiger partial charge is 0.308 e. The van der Waals surface area contributed by atoms with Crippen molar-refractivity contribution < 1.29 is 28.2 Å². The number of carbonyl (C=O) groups excluding carboxylic acids is 2. The molecule has 3 aliphatic carbocycles. The molecule has 29 heavy (non-hydrogen) atoms. The summed E-state index contributed by atoms with van der Waals surface area (Å²) in [4.78, 5) is 22.9. The summed E-state index contributed by atoms with van der Waals surface area (Å²) in [5.41, 5.74) is 1.31. The van der Waals surface area contributed by atoms with Gasteiger partial charge in [0, 0.05) is 32.3 Å². The van der Waals surface area contributed by atoms with Crippen LogP contribution in [0.2, 0.25) is 0 Å². The second-order valence-electron chi connectivity index (χ2n) is 8.67. The molecule has 0 N–H and O–H groups in total. The van der Waals surface area contributed by atoms with Gasteiger partial charge >= 0.3 is 11.9 Å². The van der Waals surface area contributed by atoms with Crippen LogP contribution in [-0.4, -0.2) is 25.2 Å². The summed E-state index contributed by atoms with van der Waals surface area (Å²) in [5.74, 6) is 0.144. The highest BCUT2D eigenvalue weighted by atomic mass is 19.1. The van der Waals surface area contributed by atoms with Gasteiger partial charge in [-0.1, -0.05) is 13.0 Å². The van der Waals surface area contributed by atoms with Gasteiger partial charge in [-0.05, 0) is 60.8 Å². The van der Waals surface area contributed by atoms with Crippen LogP contribution in [0.5, 0.6) is 5.75 Å². The van der Waals surface area contributed by atoms with Crippen LogP contribution in [0.3, 0.4) is 0 Å². The Kier molecular flexibility index (Phi) is 5.01. The SMILES string of the molecule is CO[C@H]1C[C@]2(C)C(OC(C)=O)=CC[C@H]2[C@@H]2CCc3c(ccc(OC(C)=O)c3F)[C@H]21. The van der Waals surface area contributed by atoms with E-state index in [1.54, 1.807) is 13.2 Å². The standard InChI is InChI=1S/C23H27FO5/c1-12(25)28-18-9-7-14-15(22(18)24)5-6-16-17-8-10-20(29-13(2)26)23(17,3)11-19(27-4)21(14)16/h7,9-10,16-17,19,21H,5-6,8,11H2,1-4H3/t16-,17-,19-,21+,23-/m0/s1. The normalized spacial score (nSPS) is 32.5. The molecule has 0 unspecified atom stereocenters.